The minimum atomic E-state index is -2.65. The van der Waals surface area contributed by atoms with Crippen LogP contribution in [0.15, 0.2) is 36.9 Å². The summed E-state index contributed by atoms with van der Waals surface area (Å²) in [5.74, 6) is -0.261. The van der Waals surface area contributed by atoms with Crippen LogP contribution in [0.4, 0.5) is 20.3 Å². The molecule has 14 heteroatoms. The van der Waals surface area contributed by atoms with E-state index in [1.54, 1.807) is 37.1 Å². The minimum absolute atomic E-state index is 0.00221. The number of aryl methyl sites for hydroxylation is 2. The molecule has 8 rings (SSSR count). The number of aromatic nitrogens is 6. The second-order valence-corrected chi connectivity index (χ2v) is 15.0. The number of carboxylic acid groups (broad SMARTS) is 1. The third-order valence-corrected chi connectivity index (χ3v) is 11.9. The summed E-state index contributed by atoms with van der Waals surface area (Å²) in [6, 6.07) is 4.00. The largest absolute Gasteiger partial charge is 0.478 e. The lowest BCUT2D eigenvalue weighted by Gasteiger charge is -2.45. The van der Waals surface area contributed by atoms with Gasteiger partial charge in [0.05, 0.1) is 24.3 Å². The van der Waals surface area contributed by atoms with Crippen molar-refractivity contribution < 1.29 is 28.2 Å². The molecule has 0 unspecified atom stereocenters. The monoisotopic (exact) mass is 714 g/mol. The van der Waals surface area contributed by atoms with E-state index in [2.05, 4.69) is 24.6 Å². The number of carbonyl (C=O) groups excluding carboxylic acids is 1. The summed E-state index contributed by atoms with van der Waals surface area (Å²) < 4.78 is 39.2. The Morgan fingerprint density at radius 2 is 1.73 bits per heavy atom. The van der Waals surface area contributed by atoms with Gasteiger partial charge in [-0.15, -0.1) is 0 Å². The van der Waals surface area contributed by atoms with Crippen molar-refractivity contribution in [1.82, 2.24) is 34.4 Å². The van der Waals surface area contributed by atoms with Crippen molar-refractivity contribution >= 4 is 23.4 Å². The number of hydrogen-bond acceptors (Lipinski definition) is 8. The van der Waals surface area contributed by atoms with E-state index in [-0.39, 0.29) is 40.6 Å². The number of fused-ring (bicyclic) bond motifs is 2. The molecular weight excluding hydrogens is 670 g/mol. The molecule has 3 aromatic heterocycles. The van der Waals surface area contributed by atoms with Gasteiger partial charge in [-0.25, -0.2) is 23.5 Å². The number of anilines is 2. The molecule has 1 aromatic carbocycles. The molecule has 1 amide bonds. The summed E-state index contributed by atoms with van der Waals surface area (Å²) in [6.45, 7) is 3.36. The summed E-state index contributed by atoms with van der Waals surface area (Å²) in [5, 5.41) is 18.7. The molecule has 0 bridgehead atoms. The smallest absolute Gasteiger partial charge is 0.338 e. The van der Waals surface area contributed by atoms with Crippen LogP contribution >= 0.6 is 0 Å². The Labute approximate surface area is 300 Å². The Morgan fingerprint density at radius 3 is 2.38 bits per heavy atom. The average Bonchev–Trinajstić information content (AvgIpc) is 3.75. The molecule has 4 aliphatic rings. The van der Waals surface area contributed by atoms with Crippen LogP contribution in [0.3, 0.4) is 0 Å². The maximum absolute atomic E-state index is 14.6. The van der Waals surface area contributed by atoms with Crippen molar-refractivity contribution in [2.45, 2.75) is 103 Å². The maximum atomic E-state index is 14.6. The molecule has 2 fully saturated rings. The molecule has 12 nitrogen and oxygen atoms in total. The molecule has 274 valence electrons. The van der Waals surface area contributed by atoms with Crippen LogP contribution in [0.2, 0.25) is 0 Å². The third kappa shape index (κ3) is 6.40. The van der Waals surface area contributed by atoms with Crippen LogP contribution in [0, 0.1) is 5.41 Å². The van der Waals surface area contributed by atoms with Gasteiger partial charge in [-0.05, 0) is 92.9 Å². The van der Waals surface area contributed by atoms with Gasteiger partial charge in [0.2, 0.25) is 5.91 Å². The molecule has 1 spiro atoms. The predicted octanol–water partition coefficient (Wildman–Crippen LogP) is 6.82. The number of nitrogens with zero attached hydrogens (tertiary/aromatic N) is 8. The second-order valence-electron chi connectivity index (χ2n) is 15.0. The van der Waals surface area contributed by atoms with Crippen molar-refractivity contribution in [2.24, 2.45) is 12.5 Å². The summed E-state index contributed by atoms with van der Waals surface area (Å²) in [4.78, 5) is 35.9. The SMILES string of the molecule is CC(=O)N1CCc2c(c(N3CCCc4cc(-c5cnn(C)c5)c(C(F)F)cc43)nn2C2CCC3(CCC(Oc4ncc(C(=O)O)cn4)CC3)CC2)C1. The average molecular weight is 715 g/mol. The van der Waals surface area contributed by atoms with Gasteiger partial charge in [-0.3, -0.25) is 14.2 Å². The standard InChI is InChI=1S/C38H44F2N8O4/c1-23(49)46-15-9-32-31(22-46)35(47-14-3-4-24-16-29(26-20-43-45(2)21-26)30(34(39)40)17-33(24)47)44-48(32)27-5-10-38(11-6-27)12-7-28(8-13-38)52-37-41-18-25(19-42-37)36(50)51/h16-21,27-28,34H,3-15,22H2,1-2H3,(H,50,51). The van der Waals surface area contributed by atoms with E-state index in [1.807, 2.05) is 11.0 Å². The van der Waals surface area contributed by atoms with E-state index >= 15 is 0 Å². The lowest BCUT2D eigenvalue weighted by atomic mass is 9.64. The first-order chi connectivity index (χ1) is 25.1. The van der Waals surface area contributed by atoms with Crippen LogP contribution in [-0.4, -0.2) is 70.6 Å². The number of alkyl halides is 2. The number of aromatic carboxylic acids is 1. The molecule has 4 aromatic rings. The summed E-state index contributed by atoms with van der Waals surface area (Å²) >= 11 is 0. The number of halogens is 2. The fourth-order valence-corrected chi connectivity index (χ4v) is 8.99. The van der Waals surface area contributed by atoms with Crippen molar-refractivity contribution in [3.8, 4) is 17.1 Å². The van der Waals surface area contributed by atoms with Gasteiger partial charge >= 0.3 is 12.0 Å². The van der Waals surface area contributed by atoms with Crippen LogP contribution in [0.25, 0.3) is 11.1 Å². The van der Waals surface area contributed by atoms with Crippen LogP contribution in [-0.2, 0) is 31.2 Å². The predicted molar refractivity (Wildman–Crippen MR) is 188 cm³/mol. The van der Waals surface area contributed by atoms with Crippen molar-refractivity contribution in [3.63, 3.8) is 0 Å². The Balaban J connectivity index is 1.03. The van der Waals surface area contributed by atoms with E-state index in [0.29, 0.717) is 37.2 Å². The van der Waals surface area contributed by atoms with Gasteiger partial charge in [0.15, 0.2) is 5.82 Å². The normalized spacial score (nSPS) is 23.1. The molecule has 2 aliphatic heterocycles. The highest BCUT2D eigenvalue weighted by atomic mass is 19.3. The van der Waals surface area contributed by atoms with Gasteiger partial charge in [0.1, 0.15) is 6.10 Å². The van der Waals surface area contributed by atoms with E-state index in [4.69, 9.17) is 14.9 Å². The molecule has 1 N–H and O–H groups in total. The minimum Gasteiger partial charge on any atom is -0.478 e. The van der Waals surface area contributed by atoms with E-state index in [1.165, 1.54) is 12.4 Å². The van der Waals surface area contributed by atoms with Crippen molar-refractivity contribution in [1.29, 1.82) is 0 Å². The topological polar surface area (TPSA) is 132 Å². The lowest BCUT2D eigenvalue weighted by molar-refractivity contribution is -0.129. The highest BCUT2D eigenvalue weighted by Crippen LogP contribution is 2.51. The highest BCUT2D eigenvalue weighted by Gasteiger charge is 2.41. The lowest BCUT2D eigenvalue weighted by Crippen LogP contribution is -2.37. The van der Waals surface area contributed by atoms with Crippen LogP contribution in [0.1, 0.15) is 110 Å². The number of amides is 1. The zero-order chi connectivity index (χ0) is 36.1. The first-order valence-electron chi connectivity index (χ1n) is 18.4. The van der Waals surface area contributed by atoms with Crippen LogP contribution in [0.5, 0.6) is 6.01 Å². The molecule has 2 saturated carbocycles. The maximum Gasteiger partial charge on any atom is 0.338 e. The molecule has 5 heterocycles. The Kier molecular flexibility index (Phi) is 8.94. The van der Waals surface area contributed by atoms with Gasteiger partial charge in [0, 0.05) is 80.1 Å². The first-order valence-corrected chi connectivity index (χ1v) is 18.4. The summed E-state index contributed by atoms with van der Waals surface area (Å²) in [7, 11) is 1.78. The summed E-state index contributed by atoms with van der Waals surface area (Å²) in [5.41, 5.74) is 5.42. The Bertz CT molecular complexity index is 1970. The molecular formula is C38H44F2N8O4. The fraction of sp³-hybridized carbons (Fsp3) is 0.526. The number of hydrogen-bond donors (Lipinski definition) is 1. The van der Waals surface area contributed by atoms with Gasteiger partial charge in [-0.2, -0.15) is 10.2 Å². The van der Waals surface area contributed by atoms with Crippen molar-refractivity contribution in [3.05, 3.63) is 64.9 Å². The van der Waals surface area contributed by atoms with Gasteiger partial charge in [0.25, 0.3) is 6.43 Å². The first kappa shape index (κ1) is 34.2. The summed E-state index contributed by atoms with van der Waals surface area (Å²) in [6.07, 6.45) is 13.7. The van der Waals surface area contributed by atoms with Gasteiger partial charge in [-0.1, -0.05) is 0 Å². The Hall–Kier alpha value is -4.88. The zero-order valence-electron chi connectivity index (χ0n) is 29.6. The molecule has 0 atom stereocenters. The molecule has 2 aliphatic carbocycles. The zero-order valence-corrected chi connectivity index (χ0v) is 29.6. The van der Waals surface area contributed by atoms with Crippen molar-refractivity contribution in [2.75, 3.05) is 18.0 Å². The van der Waals surface area contributed by atoms with E-state index in [0.717, 1.165) is 92.5 Å². The van der Waals surface area contributed by atoms with Crippen LogP contribution < -0.4 is 9.64 Å². The van der Waals surface area contributed by atoms with E-state index < -0.39 is 12.4 Å². The Morgan fingerprint density at radius 1 is 1.00 bits per heavy atom. The third-order valence-electron chi connectivity index (χ3n) is 11.9. The number of benzene rings is 1. The molecule has 0 saturated heterocycles. The van der Waals surface area contributed by atoms with E-state index in [9.17, 15) is 18.4 Å². The number of carboxylic acids is 1. The highest BCUT2D eigenvalue weighted by molar-refractivity contribution is 5.86. The number of rotatable bonds is 7. The molecule has 0 radical (unpaired) electrons. The quantitative estimate of drug-likeness (QED) is 0.219. The second kappa shape index (κ2) is 13.6. The van der Waals surface area contributed by atoms with Gasteiger partial charge < -0.3 is 19.6 Å². The number of carbonyl (C=O) groups is 2. The molecule has 52 heavy (non-hydrogen) atoms. The fourth-order valence-electron chi connectivity index (χ4n) is 8.99. The number of ether oxygens (including phenoxy) is 1.